The van der Waals surface area contributed by atoms with E-state index in [0.29, 0.717) is 0 Å². The molecule has 0 aliphatic carbocycles. The Morgan fingerprint density at radius 2 is 1.92 bits per heavy atom. The Bertz CT molecular complexity index is 871. The molecule has 1 N–H and O–H groups in total. The first-order valence-electron chi connectivity index (χ1n) is 8.10. The van der Waals surface area contributed by atoms with Gasteiger partial charge in [0.2, 0.25) is 0 Å². The Morgan fingerprint density at radius 3 is 2.71 bits per heavy atom. The average molecular weight is 494 g/mol. The van der Waals surface area contributed by atoms with Crippen molar-refractivity contribution in [2.24, 2.45) is 0 Å². The molecular formula is C19H17BrIN3. The summed E-state index contributed by atoms with van der Waals surface area (Å²) in [5, 5.41) is 8.58. The van der Waals surface area contributed by atoms with Gasteiger partial charge >= 0.3 is 0 Å². The van der Waals surface area contributed by atoms with Crippen molar-refractivity contribution >= 4 is 44.3 Å². The van der Waals surface area contributed by atoms with E-state index < -0.39 is 0 Å². The van der Waals surface area contributed by atoms with Gasteiger partial charge in [0.15, 0.2) is 0 Å². The molecule has 3 aromatic rings. The van der Waals surface area contributed by atoms with Crippen LogP contribution in [0, 0.1) is 3.57 Å². The Hall–Kier alpha value is -1.34. The van der Waals surface area contributed by atoms with E-state index in [1.807, 2.05) is 0 Å². The molecule has 3 nitrogen and oxygen atoms in total. The largest absolute Gasteiger partial charge is 0.370 e. The predicted molar refractivity (Wildman–Crippen MR) is 111 cm³/mol. The van der Waals surface area contributed by atoms with Crippen LogP contribution in [-0.2, 0) is 6.42 Å². The molecule has 0 spiro atoms. The summed E-state index contributed by atoms with van der Waals surface area (Å²) in [6, 6.07) is 16.9. The van der Waals surface area contributed by atoms with Gasteiger partial charge < -0.3 is 5.32 Å². The van der Waals surface area contributed by atoms with Gasteiger partial charge in [0.25, 0.3) is 0 Å². The number of benzene rings is 2. The van der Waals surface area contributed by atoms with Gasteiger partial charge in [-0.15, -0.1) is 0 Å². The summed E-state index contributed by atoms with van der Waals surface area (Å²) in [5.74, 6) is 1.14. The molecule has 0 unspecified atom stereocenters. The van der Waals surface area contributed by atoms with Gasteiger partial charge in [-0.3, -0.25) is 0 Å². The summed E-state index contributed by atoms with van der Waals surface area (Å²) < 4.78 is 4.37. The summed E-state index contributed by atoms with van der Waals surface area (Å²) in [4.78, 5) is 0. The molecule has 0 bridgehead atoms. The lowest BCUT2D eigenvalue weighted by molar-refractivity contribution is 0.780. The normalized spacial score (nSPS) is 13.9. The Morgan fingerprint density at radius 1 is 1.08 bits per heavy atom. The minimum Gasteiger partial charge on any atom is -0.370 e. The zero-order valence-corrected chi connectivity index (χ0v) is 16.8. The van der Waals surface area contributed by atoms with Crippen LogP contribution < -0.4 is 5.32 Å². The van der Waals surface area contributed by atoms with Crippen molar-refractivity contribution in [3.05, 3.63) is 62.1 Å². The van der Waals surface area contributed by atoms with E-state index in [1.165, 1.54) is 27.5 Å². The molecule has 0 fully saturated rings. The number of fused-ring (bicyclic) bond motifs is 1. The van der Waals surface area contributed by atoms with Crippen molar-refractivity contribution in [3.63, 3.8) is 0 Å². The van der Waals surface area contributed by atoms with Crippen molar-refractivity contribution in [1.82, 2.24) is 9.78 Å². The molecule has 0 saturated heterocycles. The maximum Gasteiger partial charge on any atom is 0.133 e. The number of halogens is 2. The quantitative estimate of drug-likeness (QED) is 0.467. The number of nitrogens with zero attached hydrogens (tertiary/aromatic N) is 2. The fourth-order valence-electron chi connectivity index (χ4n) is 3.14. The molecule has 1 aromatic heterocycles. The number of nitrogens with one attached hydrogen (secondary N) is 1. The Kier molecular flexibility index (Phi) is 4.63. The Labute approximate surface area is 163 Å². The van der Waals surface area contributed by atoms with Crippen LogP contribution in [0.1, 0.15) is 18.4 Å². The third-order valence-electron chi connectivity index (χ3n) is 4.30. The van der Waals surface area contributed by atoms with Crippen LogP contribution in [0.4, 0.5) is 5.82 Å². The van der Waals surface area contributed by atoms with E-state index in [-0.39, 0.29) is 0 Å². The van der Waals surface area contributed by atoms with E-state index >= 15 is 0 Å². The van der Waals surface area contributed by atoms with E-state index in [0.717, 1.165) is 34.6 Å². The van der Waals surface area contributed by atoms with Crippen molar-refractivity contribution < 1.29 is 0 Å². The van der Waals surface area contributed by atoms with Crippen LogP contribution in [0.5, 0.6) is 0 Å². The fraction of sp³-hybridized carbons (Fsp3) is 0.211. The second-order valence-electron chi connectivity index (χ2n) is 5.96. The number of rotatable bonds is 2. The SMILES string of the molecule is Brc1ccc(-n2nc(-c3cccc(I)c3)c3c2NCCCC3)cc1. The van der Waals surface area contributed by atoms with Gasteiger partial charge in [0.1, 0.15) is 5.82 Å². The molecule has 122 valence electrons. The summed E-state index contributed by atoms with van der Waals surface area (Å²) in [5.41, 5.74) is 4.71. The van der Waals surface area contributed by atoms with E-state index in [1.54, 1.807) is 0 Å². The van der Waals surface area contributed by atoms with E-state index in [2.05, 4.69) is 97.1 Å². The highest BCUT2D eigenvalue weighted by Crippen LogP contribution is 2.34. The van der Waals surface area contributed by atoms with Gasteiger partial charge in [0, 0.05) is 25.7 Å². The van der Waals surface area contributed by atoms with Gasteiger partial charge in [-0.2, -0.15) is 5.10 Å². The third-order valence-corrected chi connectivity index (χ3v) is 5.50. The van der Waals surface area contributed by atoms with E-state index in [4.69, 9.17) is 5.10 Å². The molecule has 0 amide bonds. The predicted octanol–water partition coefficient (Wildman–Crippen LogP) is 5.65. The third kappa shape index (κ3) is 3.11. The molecule has 1 aliphatic rings. The van der Waals surface area contributed by atoms with Crippen molar-refractivity contribution in [2.75, 3.05) is 11.9 Å². The molecule has 0 saturated carbocycles. The standard InChI is InChI=1S/C19H17BrIN3/c20-14-7-9-16(10-8-14)24-19-17(6-1-2-11-22-19)18(23-24)13-4-3-5-15(21)12-13/h3-5,7-10,12,22H,1-2,6,11H2. The summed E-state index contributed by atoms with van der Waals surface area (Å²) in [6.45, 7) is 1.00. The smallest absolute Gasteiger partial charge is 0.133 e. The number of aromatic nitrogens is 2. The minimum absolute atomic E-state index is 1.00. The molecule has 4 rings (SSSR count). The lowest BCUT2D eigenvalue weighted by Gasteiger charge is -2.09. The van der Waals surface area contributed by atoms with Crippen molar-refractivity contribution in [1.29, 1.82) is 0 Å². The van der Waals surface area contributed by atoms with Crippen molar-refractivity contribution in [2.45, 2.75) is 19.3 Å². The first-order valence-corrected chi connectivity index (χ1v) is 9.97. The maximum atomic E-state index is 4.98. The highest BCUT2D eigenvalue weighted by atomic mass is 127. The number of hydrogen-bond donors (Lipinski definition) is 1. The molecule has 1 aliphatic heterocycles. The van der Waals surface area contributed by atoms with Crippen LogP contribution in [0.25, 0.3) is 16.9 Å². The second-order valence-corrected chi connectivity index (χ2v) is 8.12. The molecule has 5 heteroatoms. The Balaban J connectivity index is 1.90. The monoisotopic (exact) mass is 493 g/mol. The summed E-state index contributed by atoms with van der Waals surface area (Å²) in [7, 11) is 0. The maximum absolute atomic E-state index is 4.98. The van der Waals surface area contributed by atoms with Gasteiger partial charge in [-0.1, -0.05) is 28.1 Å². The van der Waals surface area contributed by atoms with Crippen LogP contribution in [0.15, 0.2) is 53.0 Å². The molecule has 2 heterocycles. The highest BCUT2D eigenvalue weighted by Gasteiger charge is 2.21. The van der Waals surface area contributed by atoms with E-state index in [9.17, 15) is 0 Å². The fourth-order valence-corrected chi connectivity index (χ4v) is 3.95. The minimum atomic E-state index is 1.00. The molecule has 0 atom stereocenters. The molecule has 24 heavy (non-hydrogen) atoms. The van der Waals surface area contributed by atoms with Gasteiger partial charge in [-0.25, -0.2) is 4.68 Å². The zero-order valence-electron chi connectivity index (χ0n) is 13.1. The number of hydrogen-bond acceptors (Lipinski definition) is 2. The second kappa shape index (κ2) is 6.88. The molecule has 0 radical (unpaired) electrons. The first-order chi connectivity index (χ1) is 11.7. The lowest BCUT2D eigenvalue weighted by atomic mass is 10.0. The average Bonchev–Trinajstić information content (AvgIpc) is 2.77. The topological polar surface area (TPSA) is 29.9 Å². The highest BCUT2D eigenvalue weighted by molar-refractivity contribution is 14.1. The molecular weight excluding hydrogens is 477 g/mol. The zero-order chi connectivity index (χ0) is 16.5. The van der Waals surface area contributed by atoms with Gasteiger partial charge in [0.05, 0.1) is 11.4 Å². The van der Waals surface area contributed by atoms with Crippen LogP contribution in [-0.4, -0.2) is 16.3 Å². The van der Waals surface area contributed by atoms with Crippen LogP contribution in [0.3, 0.4) is 0 Å². The number of anilines is 1. The van der Waals surface area contributed by atoms with Crippen LogP contribution in [0.2, 0.25) is 0 Å². The van der Waals surface area contributed by atoms with Crippen LogP contribution >= 0.6 is 38.5 Å². The van der Waals surface area contributed by atoms with Crippen molar-refractivity contribution in [3.8, 4) is 16.9 Å². The first kappa shape index (κ1) is 16.1. The summed E-state index contributed by atoms with van der Waals surface area (Å²) >= 11 is 5.87. The summed E-state index contributed by atoms with van der Waals surface area (Å²) in [6.07, 6.45) is 3.46. The lowest BCUT2D eigenvalue weighted by Crippen LogP contribution is -2.07. The molecule has 2 aromatic carbocycles. The van der Waals surface area contributed by atoms with Gasteiger partial charge in [-0.05, 0) is 78.3 Å².